The lowest BCUT2D eigenvalue weighted by Crippen LogP contribution is -2.02. The van der Waals surface area contributed by atoms with E-state index >= 15 is 0 Å². The summed E-state index contributed by atoms with van der Waals surface area (Å²) in [6, 6.07) is 18.1. The molecule has 0 bridgehead atoms. The molecule has 6 heteroatoms. The van der Waals surface area contributed by atoms with Crippen molar-refractivity contribution in [2.24, 2.45) is 0 Å². The number of H-pyrrole nitrogens is 1. The molecule has 0 atom stereocenters. The van der Waals surface area contributed by atoms with E-state index in [0.29, 0.717) is 29.3 Å². The minimum Gasteiger partial charge on any atom is -0.493 e. The summed E-state index contributed by atoms with van der Waals surface area (Å²) in [5.74, 6) is 1.33. The lowest BCUT2D eigenvalue weighted by Gasteiger charge is -2.16. The van der Waals surface area contributed by atoms with Gasteiger partial charge in [-0.1, -0.05) is 24.3 Å². The zero-order valence-electron chi connectivity index (χ0n) is 19.1. The Kier molecular flexibility index (Phi) is 6.74. The van der Waals surface area contributed by atoms with E-state index in [1.54, 1.807) is 31.4 Å². The van der Waals surface area contributed by atoms with Gasteiger partial charge in [-0.2, -0.15) is 5.26 Å². The Labute approximate surface area is 197 Å². The quantitative estimate of drug-likeness (QED) is 0.248. The summed E-state index contributed by atoms with van der Waals surface area (Å²) in [6.07, 6.45) is 4.09. The molecule has 5 nitrogen and oxygen atoms in total. The van der Waals surface area contributed by atoms with Gasteiger partial charge < -0.3 is 14.5 Å². The fourth-order valence-corrected chi connectivity index (χ4v) is 3.70. The highest BCUT2D eigenvalue weighted by atomic mass is 19.1. The largest absolute Gasteiger partial charge is 0.493 e. The predicted octanol–water partition coefficient (Wildman–Crippen LogP) is 6.39. The molecule has 0 saturated heterocycles. The number of ether oxygens (including phenoxy) is 2. The van der Waals surface area contributed by atoms with Crippen LogP contribution in [-0.4, -0.2) is 17.1 Å². The fourth-order valence-electron chi connectivity index (χ4n) is 3.70. The van der Waals surface area contributed by atoms with Crippen molar-refractivity contribution in [1.29, 1.82) is 5.26 Å². The van der Waals surface area contributed by atoms with Crippen molar-refractivity contribution >= 4 is 22.7 Å². The number of aryl methyl sites for hydroxylation is 1. The van der Waals surface area contributed by atoms with E-state index in [1.165, 1.54) is 12.1 Å². The predicted molar refractivity (Wildman–Crippen MR) is 132 cm³/mol. The lowest BCUT2D eigenvalue weighted by atomic mass is 10.0. The molecule has 3 aromatic carbocycles. The number of hydrogen-bond donors (Lipinski definition) is 1. The van der Waals surface area contributed by atoms with Crippen LogP contribution in [0.3, 0.4) is 0 Å². The summed E-state index contributed by atoms with van der Waals surface area (Å²) in [6.45, 7) is 6.12. The van der Waals surface area contributed by atoms with Crippen LogP contribution in [0.2, 0.25) is 0 Å². The van der Waals surface area contributed by atoms with Crippen molar-refractivity contribution in [2.45, 2.75) is 20.0 Å². The van der Waals surface area contributed by atoms with Crippen LogP contribution in [0, 0.1) is 24.1 Å². The van der Waals surface area contributed by atoms with Gasteiger partial charge >= 0.3 is 0 Å². The molecular weight excluding hydrogens is 429 g/mol. The van der Waals surface area contributed by atoms with Gasteiger partial charge in [-0.3, -0.25) is 0 Å². The van der Waals surface area contributed by atoms with Crippen molar-refractivity contribution in [3.8, 4) is 17.6 Å². The van der Waals surface area contributed by atoms with Crippen molar-refractivity contribution in [2.75, 3.05) is 7.11 Å². The average Bonchev–Trinajstić information content (AvgIpc) is 3.25. The van der Waals surface area contributed by atoms with E-state index in [2.05, 4.69) is 22.6 Å². The molecule has 34 heavy (non-hydrogen) atoms. The Morgan fingerprint density at radius 3 is 2.68 bits per heavy atom. The number of rotatable bonds is 8. The maximum Gasteiger partial charge on any atom is 0.165 e. The Hall–Kier alpha value is -4.37. The van der Waals surface area contributed by atoms with Gasteiger partial charge in [0.15, 0.2) is 11.5 Å². The van der Waals surface area contributed by atoms with Gasteiger partial charge in [0.2, 0.25) is 0 Å². The Balaban J connectivity index is 1.69. The number of nitrogens with zero attached hydrogens (tertiary/aromatic N) is 2. The second-order valence-corrected chi connectivity index (χ2v) is 7.90. The zero-order valence-corrected chi connectivity index (χ0v) is 19.1. The molecule has 4 rings (SSSR count). The minimum atomic E-state index is -0.294. The molecule has 0 saturated carbocycles. The first-order chi connectivity index (χ1) is 16.5. The van der Waals surface area contributed by atoms with Gasteiger partial charge in [-0.15, -0.1) is 6.58 Å². The highest BCUT2D eigenvalue weighted by Gasteiger charge is 2.14. The van der Waals surface area contributed by atoms with E-state index in [9.17, 15) is 9.65 Å². The van der Waals surface area contributed by atoms with Gasteiger partial charge in [-0.25, -0.2) is 9.37 Å². The number of halogens is 1. The normalized spacial score (nSPS) is 11.3. The van der Waals surface area contributed by atoms with Crippen molar-refractivity contribution in [3.05, 3.63) is 101 Å². The van der Waals surface area contributed by atoms with Gasteiger partial charge in [0.1, 0.15) is 24.3 Å². The second-order valence-electron chi connectivity index (χ2n) is 7.90. The highest BCUT2D eigenvalue weighted by molar-refractivity contribution is 5.90. The highest BCUT2D eigenvalue weighted by Crippen LogP contribution is 2.35. The molecule has 1 heterocycles. The molecule has 0 aliphatic rings. The first-order valence-electron chi connectivity index (χ1n) is 10.8. The summed E-state index contributed by atoms with van der Waals surface area (Å²) in [7, 11) is 1.57. The molecule has 0 fully saturated rings. The van der Waals surface area contributed by atoms with Crippen molar-refractivity contribution in [1.82, 2.24) is 9.97 Å². The molecule has 0 aliphatic carbocycles. The van der Waals surface area contributed by atoms with Gasteiger partial charge in [0.05, 0.1) is 23.7 Å². The SMILES string of the molecule is C=CCc1cc(C=C(C#N)c2nc3ccc(C)cc3[nH]2)cc(OC)c1OCc1ccc(F)cc1. The third kappa shape index (κ3) is 5.00. The molecule has 170 valence electrons. The molecule has 1 aromatic heterocycles. The van der Waals surface area contributed by atoms with Gasteiger partial charge in [-0.05, 0) is 72.5 Å². The van der Waals surface area contributed by atoms with Gasteiger partial charge in [0.25, 0.3) is 0 Å². The standard InChI is InChI=1S/C28H24FN3O2/c1-4-5-21-13-20(14-22(16-30)28-31-24-11-6-18(2)12-25(24)32-28)15-26(33-3)27(21)34-17-19-7-9-23(29)10-8-19/h4,6-15H,1,5,17H2,2-3H3,(H,31,32). The van der Waals surface area contributed by atoms with Crippen LogP contribution in [0.5, 0.6) is 11.5 Å². The molecular formula is C28H24FN3O2. The summed E-state index contributed by atoms with van der Waals surface area (Å²) in [4.78, 5) is 7.79. The number of benzene rings is 3. The molecule has 0 spiro atoms. The molecule has 0 radical (unpaired) electrons. The summed E-state index contributed by atoms with van der Waals surface area (Å²) in [5.41, 5.74) is 5.67. The topological polar surface area (TPSA) is 70.9 Å². The fraction of sp³-hybridized carbons (Fsp3) is 0.143. The maximum absolute atomic E-state index is 13.2. The van der Waals surface area contributed by atoms with Crippen LogP contribution in [0.4, 0.5) is 4.39 Å². The van der Waals surface area contributed by atoms with Crippen LogP contribution in [-0.2, 0) is 13.0 Å². The number of hydrogen-bond acceptors (Lipinski definition) is 4. The number of nitriles is 1. The Bertz CT molecular complexity index is 1410. The number of methoxy groups -OCH3 is 1. The second kappa shape index (κ2) is 10.1. The van der Waals surface area contributed by atoms with Gasteiger partial charge in [0, 0.05) is 5.56 Å². The number of fused-ring (bicyclic) bond motifs is 1. The molecule has 0 aliphatic heterocycles. The first-order valence-corrected chi connectivity index (χ1v) is 10.8. The summed E-state index contributed by atoms with van der Waals surface area (Å²) >= 11 is 0. The van der Waals surface area contributed by atoms with Crippen molar-refractivity contribution < 1.29 is 13.9 Å². The summed E-state index contributed by atoms with van der Waals surface area (Å²) in [5, 5.41) is 9.83. The summed E-state index contributed by atoms with van der Waals surface area (Å²) < 4.78 is 24.9. The molecule has 4 aromatic rings. The van der Waals surface area contributed by atoms with E-state index in [4.69, 9.17) is 9.47 Å². The van der Waals surface area contributed by atoms with E-state index in [0.717, 1.165) is 33.3 Å². The molecule has 1 N–H and O–H groups in total. The zero-order chi connectivity index (χ0) is 24.1. The third-order valence-corrected chi connectivity index (χ3v) is 5.36. The minimum absolute atomic E-state index is 0.262. The van der Waals surface area contributed by atoms with Crippen molar-refractivity contribution in [3.63, 3.8) is 0 Å². The molecule has 0 amide bonds. The van der Waals surface area contributed by atoms with E-state index in [-0.39, 0.29) is 12.4 Å². The first kappa shape index (κ1) is 22.8. The Morgan fingerprint density at radius 2 is 1.97 bits per heavy atom. The van der Waals surface area contributed by atoms with Crippen LogP contribution in [0.15, 0.2) is 67.3 Å². The Morgan fingerprint density at radius 1 is 1.18 bits per heavy atom. The third-order valence-electron chi connectivity index (χ3n) is 5.36. The molecule has 0 unspecified atom stereocenters. The number of allylic oxidation sites excluding steroid dienone is 2. The number of imidazole rings is 1. The van der Waals surface area contributed by atoms with Crippen LogP contribution >= 0.6 is 0 Å². The monoisotopic (exact) mass is 453 g/mol. The van der Waals surface area contributed by atoms with E-state index in [1.807, 2.05) is 37.3 Å². The van der Waals surface area contributed by atoms with Crippen LogP contribution < -0.4 is 9.47 Å². The average molecular weight is 454 g/mol. The smallest absolute Gasteiger partial charge is 0.165 e. The van der Waals surface area contributed by atoms with Crippen LogP contribution in [0.1, 0.15) is 28.1 Å². The number of nitrogens with one attached hydrogen (secondary N) is 1. The number of aromatic nitrogens is 2. The lowest BCUT2D eigenvalue weighted by molar-refractivity contribution is 0.282. The van der Waals surface area contributed by atoms with E-state index < -0.39 is 0 Å². The maximum atomic E-state index is 13.2. The van der Waals surface area contributed by atoms with Crippen LogP contribution in [0.25, 0.3) is 22.7 Å². The number of aromatic amines is 1.